The molecule has 2 N–H and O–H groups in total. The minimum Gasteiger partial charge on any atom is -0.480 e. The maximum atomic E-state index is 10.4. The van der Waals surface area contributed by atoms with Gasteiger partial charge in [0, 0.05) is 6.54 Å². The predicted molar refractivity (Wildman–Crippen MR) is 43.0 cm³/mol. The molecular weight excluding hydrogens is 174 g/mol. The molecule has 1 aromatic rings. The zero-order valence-corrected chi connectivity index (χ0v) is 7.44. The Labute approximate surface area is 74.9 Å². The van der Waals surface area contributed by atoms with Crippen molar-refractivity contribution in [2.75, 3.05) is 0 Å². The molecule has 1 atom stereocenters. The van der Waals surface area contributed by atoms with Crippen molar-refractivity contribution in [2.45, 2.75) is 26.4 Å². The zero-order chi connectivity index (χ0) is 9.84. The molecule has 72 valence electrons. The number of nitrogens with one attached hydrogen (secondary N) is 1. The zero-order valence-electron chi connectivity index (χ0n) is 7.44. The first-order valence-electron chi connectivity index (χ1n) is 3.85. The molecule has 0 amide bonds. The largest absolute Gasteiger partial charge is 0.480 e. The van der Waals surface area contributed by atoms with Crippen molar-refractivity contribution in [1.82, 2.24) is 15.6 Å². The summed E-state index contributed by atoms with van der Waals surface area (Å²) < 4.78 is 4.45. The van der Waals surface area contributed by atoms with Gasteiger partial charge in [-0.3, -0.25) is 10.1 Å². The van der Waals surface area contributed by atoms with Gasteiger partial charge in [-0.1, -0.05) is 10.3 Å². The van der Waals surface area contributed by atoms with Crippen molar-refractivity contribution in [3.05, 3.63) is 11.4 Å². The van der Waals surface area contributed by atoms with Crippen LogP contribution in [0.2, 0.25) is 0 Å². The lowest BCUT2D eigenvalue weighted by atomic mass is 10.3. The quantitative estimate of drug-likeness (QED) is 0.683. The predicted octanol–water partition coefficient (Wildman–Crippen LogP) is -0.0593. The van der Waals surface area contributed by atoms with Gasteiger partial charge in [0.1, 0.15) is 17.4 Å². The molecular formula is C7H11N3O3. The smallest absolute Gasteiger partial charge is 0.320 e. The number of aromatic nitrogens is 2. The summed E-state index contributed by atoms with van der Waals surface area (Å²) in [5, 5.41) is 18.5. The van der Waals surface area contributed by atoms with Gasteiger partial charge >= 0.3 is 5.97 Å². The molecule has 6 heteroatoms. The van der Waals surface area contributed by atoms with E-state index in [9.17, 15) is 4.79 Å². The lowest BCUT2D eigenvalue weighted by Crippen LogP contribution is -2.33. The molecule has 0 saturated carbocycles. The topological polar surface area (TPSA) is 88.3 Å². The standard InChI is InChI=1S/C7H11N3O3/c1-4-6(10-13-9-4)3-8-5(2)7(11)12/h5,8H,3H2,1-2H3,(H,11,12)/t5-/m1/s1. The Kier molecular flexibility index (Phi) is 2.97. The van der Waals surface area contributed by atoms with Crippen LogP contribution in [0.5, 0.6) is 0 Å². The molecule has 0 unspecified atom stereocenters. The minimum atomic E-state index is -0.894. The number of aliphatic carboxylic acids is 1. The van der Waals surface area contributed by atoms with E-state index < -0.39 is 12.0 Å². The average Bonchev–Trinajstić information content (AvgIpc) is 2.47. The molecule has 6 nitrogen and oxygen atoms in total. The van der Waals surface area contributed by atoms with E-state index in [0.717, 1.165) is 0 Å². The van der Waals surface area contributed by atoms with Crippen LogP contribution in [0.3, 0.4) is 0 Å². The molecule has 13 heavy (non-hydrogen) atoms. The number of rotatable bonds is 4. The fourth-order valence-electron chi connectivity index (χ4n) is 0.747. The van der Waals surface area contributed by atoms with Gasteiger partial charge in [-0.25, -0.2) is 4.63 Å². The fraction of sp³-hybridized carbons (Fsp3) is 0.571. The van der Waals surface area contributed by atoms with Gasteiger partial charge in [0.05, 0.1) is 0 Å². The van der Waals surface area contributed by atoms with Crippen LogP contribution >= 0.6 is 0 Å². The highest BCUT2D eigenvalue weighted by atomic mass is 16.6. The maximum absolute atomic E-state index is 10.4. The van der Waals surface area contributed by atoms with E-state index in [4.69, 9.17) is 5.11 Å². The number of nitrogens with zero attached hydrogens (tertiary/aromatic N) is 2. The number of carboxylic acids is 1. The highest BCUT2D eigenvalue weighted by Gasteiger charge is 2.11. The van der Waals surface area contributed by atoms with Crippen LogP contribution in [0.15, 0.2) is 4.63 Å². The van der Waals surface area contributed by atoms with Crippen LogP contribution in [0.4, 0.5) is 0 Å². The number of carboxylic acid groups (broad SMARTS) is 1. The highest BCUT2D eigenvalue weighted by molar-refractivity contribution is 5.72. The first-order chi connectivity index (χ1) is 6.11. The summed E-state index contributed by atoms with van der Waals surface area (Å²) in [5.74, 6) is -0.894. The van der Waals surface area contributed by atoms with Gasteiger partial charge in [-0.2, -0.15) is 0 Å². The lowest BCUT2D eigenvalue weighted by molar-refractivity contribution is -0.139. The Bertz CT molecular complexity index is 297. The van der Waals surface area contributed by atoms with Gasteiger partial charge in [0.2, 0.25) is 0 Å². The molecule has 0 aliphatic rings. The second kappa shape index (κ2) is 3.99. The van der Waals surface area contributed by atoms with E-state index in [1.807, 2.05) is 0 Å². The lowest BCUT2D eigenvalue weighted by Gasteiger charge is -2.06. The third kappa shape index (κ3) is 2.51. The SMILES string of the molecule is Cc1nonc1CN[C@H](C)C(=O)O. The Morgan fingerprint density at radius 3 is 2.85 bits per heavy atom. The second-order valence-electron chi connectivity index (χ2n) is 2.74. The Morgan fingerprint density at radius 2 is 2.38 bits per heavy atom. The third-order valence-corrected chi connectivity index (χ3v) is 1.69. The molecule has 1 aromatic heterocycles. The van der Waals surface area contributed by atoms with Gasteiger partial charge in [-0.15, -0.1) is 0 Å². The van der Waals surface area contributed by atoms with Crippen molar-refractivity contribution in [3.63, 3.8) is 0 Å². The van der Waals surface area contributed by atoms with E-state index >= 15 is 0 Å². The molecule has 0 aliphatic heterocycles. The van der Waals surface area contributed by atoms with Crippen molar-refractivity contribution < 1.29 is 14.5 Å². The van der Waals surface area contributed by atoms with Crippen molar-refractivity contribution in [1.29, 1.82) is 0 Å². The summed E-state index contributed by atoms with van der Waals surface area (Å²) in [5.41, 5.74) is 1.30. The summed E-state index contributed by atoms with van der Waals surface area (Å²) in [4.78, 5) is 10.4. The van der Waals surface area contributed by atoms with Crippen molar-refractivity contribution >= 4 is 5.97 Å². The molecule has 0 bridgehead atoms. The van der Waals surface area contributed by atoms with E-state index in [-0.39, 0.29) is 0 Å². The normalized spacial score (nSPS) is 12.8. The maximum Gasteiger partial charge on any atom is 0.320 e. The molecule has 1 rings (SSSR count). The monoisotopic (exact) mass is 185 g/mol. The number of hydrogen-bond donors (Lipinski definition) is 2. The van der Waals surface area contributed by atoms with E-state index in [1.165, 1.54) is 0 Å². The van der Waals surface area contributed by atoms with Crippen LogP contribution < -0.4 is 5.32 Å². The summed E-state index contributed by atoms with van der Waals surface area (Å²) in [7, 11) is 0. The van der Waals surface area contributed by atoms with Crippen LogP contribution in [-0.4, -0.2) is 27.4 Å². The van der Waals surface area contributed by atoms with E-state index in [1.54, 1.807) is 13.8 Å². The molecule has 0 aromatic carbocycles. The second-order valence-corrected chi connectivity index (χ2v) is 2.74. The first kappa shape index (κ1) is 9.66. The van der Waals surface area contributed by atoms with Crippen molar-refractivity contribution in [2.24, 2.45) is 0 Å². The van der Waals surface area contributed by atoms with Gasteiger partial charge in [-0.05, 0) is 13.8 Å². The number of carbonyl (C=O) groups is 1. The van der Waals surface area contributed by atoms with Gasteiger partial charge < -0.3 is 5.11 Å². The highest BCUT2D eigenvalue weighted by Crippen LogP contribution is 1.99. The Hall–Kier alpha value is -1.43. The Balaban J connectivity index is 2.44. The number of hydrogen-bond acceptors (Lipinski definition) is 5. The minimum absolute atomic E-state index is 0.350. The summed E-state index contributed by atoms with van der Waals surface area (Å²) >= 11 is 0. The van der Waals surface area contributed by atoms with Crippen LogP contribution in [0.25, 0.3) is 0 Å². The molecule has 1 heterocycles. The van der Waals surface area contributed by atoms with E-state index in [2.05, 4.69) is 20.3 Å². The summed E-state index contributed by atoms with van der Waals surface area (Å²) in [6.45, 7) is 3.66. The third-order valence-electron chi connectivity index (χ3n) is 1.69. The average molecular weight is 185 g/mol. The first-order valence-corrected chi connectivity index (χ1v) is 3.85. The molecule has 0 aliphatic carbocycles. The summed E-state index contributed by atoms with van der Waals surface area (Å²) in [6.07, 6.45) is 0. The van der Waals surface area contributed by atoms with E-state index in [0.29, 0.717) is 17.9 Å². The molecule has 0 saturated heterocycles. The fourth-order valence-corrected chi connectivity index (χ4v) is 0.747. The van der Waals surface area contributed by atoms with Gasteiger partial charge in [0.25, 0.3) is 0 Å². The van der Waals surface area contributed by atoms with Gasteiger partial charge in [0.15, 0.2) is 0 Å². The molecule has 0 fully saturated rings. The molecule has 0 radical (unpaired) electrons. The van der Waals surface area contributed by atoms with Crippen LogP contribution in [0, 0.1) is 6.92 Å². The van der Waals surface area contributed by atoms with Crippen LogP contribution in [-0.2, 0) is 11.3 Å². The molecule has 0 spiro atoms. The van der Waals surface area contributed by atoms with Crippen LogP contribution in [0.1, 0.15) is 18.3 Å². The summed E-state index contributed by atoms with van der Waals surface area (Å²) in [6, 6.07) is -0.601. The van der Waals surface area contributed by atoms with Crippen molar-refractivity contribution in [3.8, 4) is 0 Å². The Morgan fingerprint density at radius 1 is 1.69 bits per heavy atom. The number of aryl methyl sites for hydroxylation is 1.